The van der Waals surface area contributed by atoms with Crippen LogP contribution in [0.2, 0.25) is 0 Å². The van der Waals surface area contributed by atoms with Gasteiger partial charge in [0.1, 0.15) is 12.4 Å². The third-order valence-electron chi connectivity index (χ3n) is 3.38. The molecule has 0 atom stereocenters. The van der Waals surface area contributed by atoms with Crippen LogP contribution < -0.4 is 5.43 Å². The minimum Gasteiger partial charge on any atom is -0.271 e. The number of halogens is 1. The SMILES string of the molecule is C/C(=N/NC(=O)Cn1nnc(-c2ccccc2)n1)c1ccc(F)cc1. The second-order valence-corrected chi connectivity index (χ2v) is 5.25. The molecule has 1 heterocycles. The van der Waals surface area contributed by atoms with E-state index < -0.39 is 5.91 Å². The molecule has 0 radical (unpaired) electrons. The predicted molar refractivity (Wildman–Crippen MR) is 90.0 cm³/mol. The van der Waals surface area contributed by atoms with Gasteiger partial charge in [0, 0.05) is 5.56 Å². The van der Waals surface area contributed by atoms with Gasteiger partial charge in [0.25, 0.3) is 5.91 Å². The number of hydrogen-bond donors (Lipinski definition) is 1. The molecule has 0 saturated heterocycles. The van der Waals surface area contributed by atoms with Crippen LogP contribution in [0.5, 0.6) is 0 Å². The van der Waals surface area contributed by atoms with Crippen molar-refractivity contribution < 1.29 is 9.18 Å². The van der Waals surface area contributed by atoms with Gasteiger partial charge in [0.05, 0.1) is 5.71 Å². The van der Waals surface area contributed by atoms with Crippen molar-refractivity contribution in [1.29, 1.82) is 0 Å². The molecule has 0 aliphatic heterocycles. The van der Waals surface area contributed by atoms with Crippen molar-refractivity contribution in [1.82, 2.24) is 25.6 Å². The van der Waals surface area contributed by atoms with Crippen molar-refractivity contribution in [2.45, 2.75) is 13.5 Å². The summed E-state index contributed by atoms with van der Waals surface area (Å²) in [5, 5.41) is 15.9. The molecule has 1 N–H and O–H groups in total. The molecule has 0 aliphatic rings. The van der Waals surface area contributed by atoms with Crippen molar-refractivity contribution in [2.24, 2.45) is 5.10 Å². The lowest BCUT2D eigenvalue weighted by molar-refractivity contribution is -0.122. The van der Waals surface area contributed by atoms with Crippen LogP contribution in [0.25, 0.3) is 11.4 Å². The largest absolute Gasteiger partial charge is 0.271 e. The van der Waals surface area contributed by atoms with E-state index in [4.69, 9.17) is 0 Å². The van der Waals surface area contributed by atoms with Gasteiger partial charge in [-0.3, -0.25) is 4.79 Å². The molecule has 126 valence electrons. The molecular weight excluding hydrogens is 323 g/mol. The quantitative estimate of drug-likeness (QED) is 0.570. The Bertz CT molecular complexity index is 889. The summed E-state index contributed by atoms with van der Waals surface area (Å²) in [6, 6.07) is 15.2. The van der Waals surface area contributed by atoms with Gasteiger partial charge < -0.3 is 0 Å². The summed E-state index contributed by atoms with van der Waals surface area (Å²) in [7, 11) is 0. The minimum atomic E-state index is -0.390. The van der Waals surface area contributed by atoms with Crippen LogP contribution in [0.15, 0.2) is 59.7 Å². The Kier molecular flexibility index (Phi) is 4.89. The average molecular weight is 338 g/mol. The first-order valence-electron chi connectivity index (χ1n) is 7.54. The second kappa shape index (κ2) is 7.43. The molecule has 1 aromatic heterocycles. The Hall–Kier alpha value is -3.42. The molecule has 1 amide bonds. The van der Waals surface area contributed by atoms with Crippen molar-refractivity contribution in [3.63, 3.8) is 0 Å². The number of benzene rings is 2. The first kappa shape index (κ1) is 16.4. The number of carbonyl (C=O) groups is 1. The summed E-state index contributed by atoms with van der Waals surface area (Å²) < 4.78 is 12.9. The zero-order valence-electron chi connectivity index (χ0n) is 13.4. The maximum Gasteiger partial charge on any atom is 0.263 e. The molecule has 3 aromatic rings. The number of tetrazole rings is 1. The summed E-state index contributed by atoms with van der Waals surface area (Å²) in [6.45, 7) is 1.61. The lowest BCUT2D eigenvalue weighted by atomic mass is 10.1. The fourth-order valence-corrected chi connectivity index (χ4v) is 2.08. The van der Waals surface area contributed by atoms with Gasteiger partial charge in [-0.15, -0.1) is 10.2 Å². The molecule has 25 heavy (non-hydrogen) atoms. The van der Waals surface area contributed by atoms with Crippen molar-refractivity contribution in [3.05, 3.63) is 66.0 Å². The molecule has 0 spiro atoms. The van der Waals surface area contributed by atoms with Gasteiger partial charge in [0.15, 0.2) is 0 Å². The van der Waals surface area contributed by atoms with E-state index in [1.54, 1.807) is 19.1 Å². The summed E-state index contributed by atoms with van der Waals surface area (Å²) >= 11 is 0. The Morgan fingerprint density at radius 2 is 1.88 bits per heavy atom. The predicted octanol–water partition coefficient (Wildman–Crippen LogP) is 2.02. The zero-order valence-corrected chi connectivity index (χ0v) is 13.4. The summed E-state index contributed by atoms with van der Waals surface area (Å²) in [4.78, 5) is 13.1. The Balaban J connectivity index is 1.60. The lowest BCUT2D eigenvalue weighted by Gasteiger charge is -2.02. The smallest absolute Gasteiger partial charge is 0.263 e. The lowest BCUT2D eigenvalue weighted by Crippen LogP contribution is -2.25. The van der Waals surface area contributed by atoms with Crippen LogP contribution in [0.3, 0.4) is 0 Å². The molecule has 0 unspecified atom stereocenters. The van der Waals surface area contributed by atoms with E-state index in [0.717, 1.165) is 5.56 Å². The van der Waals surface area contributed by atoms with Crippen LogP contribution >= 0.6 is 0 Å². The van der Waals surface area contributed by atoms with Gasteiger partial charge in [-0.2, -0.15) is 9.90 Å². The topological polar surface area (TPSA) is 85.1 Å². The highest BCUT2D eigenvalue weighted by Gasteiger charge is 2.09. The van der Waals surface area contributed by atoms with Crippen LogP contribution in [0, 0.1) is 5.82 Å². The highest BCUT2D eigenvalue weighted by atomic mass is 19.1. The molecule has 0 fully saturated rings. The van der Waals surface area contributed by atoms with Crippen LogP contribution in [0.1, 0.15) is 12.5 Å². The molecule has 0 saturated carbocycles. The van der Waals surface area contributed by atoms with E-state index in [0.29, 0.717) is 17.1 Å². The number of aromatic nitrogens is 4. The number of rotatable bonds is 5. The molecular formula is C17H15FN6O. The highest BCUT2D eigenvalue weighted by Crippen LogP contribution is 2.11. The fraction of sp³-hybridized carbons (Fsp3) is 0.118. The summed E-state index contributed by atoms with van der Waals surface area (Å²) in [5.41, 5.74) is 4.51. The van der Waals surface area contributed by atoms with Gasteiger partial charge in [-0.1, -0.05) is 42.5 Å². The highest BCUT2D eigenvalue weighted by molar-refractivity contribution is 5.99. The van der Waals surface area contributed by atoms with Crippen molar-refractivity contribution in [2.75, 3.05) is 0 Å². The van der Waals surface area contributed by atoms with Gasteiger partial charge >= 0.3 is 0 Å². The number of carbonyl (C=O) groups excluding carboxylic acids is 1. The van der Waals surface area contributed by atoms with Crippen molar-refractivity contribution in [3.8, 4) is 11.4 Å². The molecule has 7 nitrogen and oxygen atoms in total. The second-order valence-electron chi connectivity index (χ2n) is 5.25. The van der Waals surface area contributed by atoms with E-state index in [2.05, 4.69) is 25.9 Å². The maximum atomic E-state index is 12.9. The number of hydrogen-bond acceptors (Lipinski definition) is 5. The number of amides is 1. The standard InChI is InChI=1S/C17H15FN6O/c1-12(13-7-9-15(18)10-8-13)19-20-16(25)11-24-22-17(21-23-24)14-5-3-2-4-6-14/h2-10H,11H2,1H3,(H,20,25)/b19-12-. The van der Waals surface area contributed by atoms with Gasteiger partial charge in [-0.05, 0) is 29.8 Å². The van der Waals surface area contributed by atoms with E-state index in [-0.39, 0.29) is 12.4 Å². The van der Waals surface area contributed by atoms with Gasteiger partial charge in [-0.25, -0.2) is 9.82 Å². The van der Waals surface area contributed by atoms with E-state index in [9.17, 15) is 9.18 Å². The molecule has 0 bridgehead atoms. The van der Waals surface area contributed by atoms with Crippen molar-refractivity contribution >= 4 is 11.6 Å². The monoisotopic (exact) mass is 338 g/mol. The first-order valence-corrected chi connectivity index (χ1v) is 7.54. The molecule has 3 rings (SSSR count). The normalized spacial score (nSPS) is 11.4. The van der Waals surface area contributed by atoms with E-state index >= 15 is 0 Å². The molecule has 2 aromatic carbocycles. The maximum absolute atomic E-state index is 12.9. The Morgan fingerprint density at radius 3 is 2.60 bits per heavy atom. The van der Waals surface area contributed by atoms with E-state index in [1.807, 2.05) is 30.3 Å². The average Bonchev–Trinajstić information content (AvgIpc) is 3.09. The van der Waals surface area contributed by atoms with Crippen LogP contribution in [-0.4, -0.2) is 31.8 Å². The molecule has 8 heteroatoms. The Labute approximate surface area is 143 Å². The number of nitrogens with zero attached hydrogens (tertiary/aromatic N) is 5. The number of hydrazone groups is 1. The fourth-order valence-electron chi connectivity index (χ4n) is 2.08. The Morgan fingerprint density at radius 1 is 1.16 bits per heavy atom. The van der Waals surface area contributed by atoms with E-state index in [1.165, 1.54) is 16.9 Å². The number of nitrogens with one attached hydrogen (secondary N) is 1. The third kappa shape index (κ3) is 4.31. The minimum absolute atomic E-state index is 0.111. The van der Waals surface area contributed by atoms with Gasteiger partial charge in [0.2, 0.25) is 5.82 Å². The van der Waals surface area contributed by atoms with Crippen LogP contribution in [0.4, 0.5) is 4.39 Å². The summed E-state index contributed by atoms with van der Waals surface area (Å²) in [6.07, 6.45) is 0. The van der Waals surface area contributed by atoms with Crippen LogP contribution in [-0.2, 0) is 11.3 Å². The zero-order chi connectivity index (χ0) is 17.6. The third-order valence-corrected chi connectivity index (χ3v) is 3.38. The first-order chi connectivity index (χ1) is 12.1. The molecule has 0 aliphatic carbocycles. The summed E-state index contributed by atoms with van der Waals surface area (Å²) in [5.74, 6) is -0.273.